The summed E-state index contributed by atoms with van der Waals surface area (Å²) in [7, 11) is 0. The molecule has 0 bridgehead atoms. The summed E-state index contributed by atoms with van der Waals surface area (Å²) in [4.78, 5) is 14.4. The van der Waals surface area contributed by atoms with Crippen LogP contribution in [0.3, 0.4) is 0 Å². The van der Waals surface area contributed by atoms with Crippen molar-refractivity contribution in [2.45, 2.75) is 26.5 Å². The number of hydrogen-bond acceptors (Lipinski definition) is 6. The van der Waals surface area contributed by atoms with Gasteiger partial charge in [-0.15, -0.1) is 0 Å². The van der Waals surface area contributed by atoms with Gasteiger partial charge in [0.15, 0.2) is 5.82 Å². The first-order valence-electron chi connectivity index (χ1n) is 8.44. The summed E-state index contributed by atoms with van der Waals surface area (Å²) >= 11 is 0. The summed E-state index contributed by atoms with van der Waals surface area (Å²) in [6.07, 6.45) is 0.758. The lowest BCUT2D eigenvalue weighted by Crippen LogP contribution is -2.24. The zero-order valence-electron chi connectivity index (χ0n) is 15.1. The Hall–Kier alpha value is -3.26. The lowest BCUT2D eigenvalue weighted by atomic mass is 10.1. The molecule has 1 unspecified atom stereocenters. The third-order valence-corrected chi connectivity index (χ3v) is 3.91. The molecule has 1 heterocycles. The Labute approximate surface area is 156 Å². The molecule has 1 aromatic heterocycles. The van der Waals surface area contributed by atoms with Crippen molar-refractivity contribution >= 4 is 5.69 Å². The summed E-state index contributed by atoms with van der Waals surface area (Å²) < 4.78 is 7.17. The topological polar surface area (TPSA) is 103 Å². The third kappa shape index (κ3) is 4.89. The molecule has 1 N–H and O–H groups in total. The normalized spacial score (nSPS) is 12.0. The number of aryl methyl sites for hydroxylation is 2. The van der Waals surface area contributed by atoms with Crippen molar-refractivity contribution in [2.75, 3.05) is 6.61 Å². The van der Waals surface area contributed by atoms with E-state index >= 15 is 0 Å². The van der Waals surface area contributed by atoms with E-state index in [1.807, 2.05) is 26.0 Å². The van der Waals surface area contributed by atoms with Gasteiger partial charge in [0, 0.05) is 17.7 Å². The minimum atomic E-state index is -0.753. The van der Waals surface area contributed by atoms with Gasteiger partial charge in [-0.3, -0.25) is 10.1 Å². The second-order valence-corrected chi connectivity index (χ2v) is 6.38. The molecule has 0 spiro atoms. The molecule has 8 heteroatoms. The summed E-state index contributed by atoms with van der Waals surface area (Å²) in [5.74, 6) is 1.16. The molecule has 0 saturated heterocycles. The molecule has 27 heavy (non-hydrogen) atoms. The predicted octanol–water partition coefficient (Wildman–Crippen LogP) is 2.91. The molecule has 2 aromatic carbocycles. The lowest BCUT2D eigenvalue weighted by molar-refractivity contribution is -0.384. The van der Waals surface area contributed by atoms with E-state index in [0.717, 1.165) is 16.9 Å². The molecule has 0 saturated carbocycles. The first-order valence-corrected chi connectivity index (χ1v) is 8.44. The van der Waals surface area contributed by atoms with Crippen molar-refractivity contribution in [3.05, 3.63) is 70.0 Å². The third-order valence-electron chi connectivity index (χ3n) is 3.91. The maximum atomic E-state index is 10.7. The van der Waals surface area contributed by atoms with E-state index < -0.39 is 11.0 Å². The van der Waals surface area contributed by atoms with E-state index in [1.165, 1.54) is 23.1 Å². The largest absolute Gasteiger partial charge is 0.491 e. The predicted molar refractivity (Wildman–Crippen MR) is 99.5 cm³/mol. The highest BCUT2D eigenvalue weighted by atomic mass is 16.6. The average molecular weight is 368 g/mol. The monoisotopic (exact) mass is 368 g/mol. The van der Waals surface area contributed by atoms with E-state index in [1.54, 1.807) is 12.1 Å². The van der Waals surface area contributed by atoms with E-state index in [2.05, 4.69) is 16.1 Å². The molecule has 8 nitrogen and oxygen atoms in total. The lowest BCUT2D eigenvalue weighted by Gasteiger charge is -2.13. The second-order valence-electron chi connectivity index (χ2n) is 6.38. The minimum absolute atomic E-state index is 0.0112. The van der Waals surface area contributed by atoms with Gasteiger partial charge < -0.3 is 9.84 Å². The summed E-state index contributed by atoms with van der Waals surface area (Å²) in [5.41, 5.74) is 2.88. The van der Waals surface area contributed by atoms with Crippen LogP contribution < -0.4 is 4.74 Å². The van der Waals surface area contributed by atoms with Gasteiger partial charge in [0.2, 0.25) is 0 Å². The smallest absolute Gasteiger partial charge is 0.269 e. The van der Waals surface area contributed by atoms with Crippen LogP contribution in [0.1, 0.15) is 11.1 Å². The number of rotatable bonds is 7. The number of nitro groups is 1. The number of aliphatic hydroxyl groups excluding tert-OH is 1. The van der Waals surface area contributed by atoms with Crippen molar-refractivity contribution in [3.8, 4) is 17.1 Å². The van der Waals surface area contributed by atoms with E-state index in [4.69, 9.17) is 4.74 Å². The first-order chi connectivity index (χ1) is 12.9. The standard InChI is InChI=1S/C19H20N4O4/c1-13-7-14(2)9-18(8-13)27-11-17(24)10-22-12-20-19(21-22)15-3-5-16(6-4-15)23(25)26/h3-9,12,17,24H,10-11H2,1-2H3. The molecule has 0 aliphatic heterocycles. The molecule has 0 amide bonds. The molecular formula is C19H20N4O4. The zero-order valence-corrected chi connectivity index (χ0v) is 15.1. The molecule has 0 aliphatic carbocycles. The fraction of sp³-hybridized carbons (Fsp3) is 0.263. The highest BCUT2D eigenvalue weighted by Crippen LogP contribution is 2.19. The summed E-state index contributed by atoms with van der Waals surface area (Å²) in [5, 5.41) is 25.2. The fourth-order valence-corrected chi connectivity index (χ4v) is 2.72. The van der Waals surface area contributed by atoms with Crippen molar-refractivity contribution < 1.29 is 14.8 Å². The Morgan fingerprint density at radius 3 is 2.48 bits per heavy atom. The number of non-ortho nitro benzene ring substituents is 1. The second kappa shape index (κ2) is 7.96. The molecular weight excluding hydrogens is 348 g/mol. The van der Waals surface area contributed by atoms with Crippen LogP contribution in [-0.4, -0.2) is 37.5 Å². The molecule has 0 aliphatic rings. The number of benzene rings is 2. The quantitative estimate of drug-likeness (QED) is 0.508. The SMILES string of the molecule is Cc1cc(C)cc(OCC(O)Cn2cnc(-c3ccc([N+](=O)[O-])cc3)n2)c1. The Morgan fingerprint density at radius 1 is 1.19 bits per heavy atom. The van der Waals surface area contributed by atoms with Gasteiger partial charge in [0.05, 0.1) is 11.5 Å². The Bertz CT molecular complexity index is 917. The number of aliphatic hydroxyl groups is 1. The van der Waals surface area contributed by atoms with Gasteiger partial charge in [-0.2, -0.15) is 5.10 Å². The zero-order chi connectivity index (χ0) is 19.4. The van der Waals surface area contributed by atoms with E-state index in [9.17, 15) is 15.2 Å². The van der Waals surface area contributed by atoms with Crippen LogP contribution in [0.25, 0.3) is 11.4 Å². The Kier molecular flexibility index (Phi) is 5.46. The van der Waals surface area contributed by atoms with Gasteiger partial charge >= 0.3 is 0 Å². The number of ether oxygens (including phenoxy) is 1. The summed E-state index contributed by atoms with van der Waals surface area (Å²) in [6, 6.07) is 11.9. The van der Waals surface area contributed by atoms with Crippen molar-refractivity contribution in [2.24, 2.45) is 0 Å². The van der Waals surface area contributed by atoms with Gasteiger partial charge in [-0.1, -0.05) is 6.07 Å². The van der Waals surface area contributed by atoms with Gasteiger partial charge in [-0.25, -0.2) is 9.67 Å². The van der Waals surface area contributed by atoms with Crippen LogP contribution in [0, 0.1) is 24.0 Å². The number of nitro benzene ring substituents is 1. The summed E-state index contributed by atoms with van der Waals surface area (Å²) in [6.45, 7) is 4.34. The van der Waals surface area contributed by atoms with Gasteiger partial charge in [0.1, 0.15) is 24.8 Å². The van der Waals surface area contributed by atoms with E-state index in [-0.39, 0.29) is 18.8 Å². The van der Waals surface area contributed by atoms with Crippen LogP contribution in [0.15, 0.2) is 48.8 Å². The number of nitrogens with zero attached hydrogens (tertiary/aromatic N) is 4. The highest BCUT2D eigenvalue weighted by Gasteiger charge is 2.11. The van der Waals surface area contributed by atoms with Crippen LogP contribution >= 0.6 is 0 Å². The maximum Gasteiger partial charge on any atom is 0.269 e. The van der Waals surface area contributed by atoms with Gasteiger partial charge in [-0.05, 0) is 49.2 Å². The number of aromatic nitrogens is 3. The molecule has 140 valence electrons. The fourth-order valence-electron chi connectivity index (χ4n) is 2.72. The molecule has 3 aromatic rings. The average Bonchev–Trinajstić information content (AvgIpc) is 3.07. The molecule has 0 fully saturated rings. The molecule has 1 atom stereocenters. The van der Waals surface area contributed by atoms with Crippen LogP contribution in [0.4, 0.5) is 5.69 Å². The maximum absolute atomic E-state index is 10.7. The highest BCUT2D eigenvalue weighted by molar-refractivity contribution is 5.56. The number of hydrogen-bond donors (Lipinski definition) is 1. The van der Waals surface area contributed by atoms with Crippen LogP contribution in [-0.2, 0) is 6.54 Å². The molecule has 0 radical (unpaired) electrons. The van der Waals surface area contributed by atoms with E-state index in [0.29, 0.717) is 11.4 Å². The minimum Gasteiger partial charge on any atom is -0.491 e. The Balaban J connectivity index is 1.58. The van der Waals surface area contributed by atoms with Crippen molar-refractivity contribution in [1.29, 1.82) is 0 Å². The van der Waals surface area contributed by atoms with Crippen LogP contribution in [0.5, 0.6) is 5.75 Å². The van der Waals surface area contributed by atoms with Crippen molar-refractivity contribution in [1.82, 2.24) is 14.8 Å². The Morgan fingerprint density at radius 2 is 1.85 bits per heavy atom. The first kappa shape index (κ1) is 18.5. The molecule has 3 rings (SSSR count). The van der Waals surface area contributed by atoms with Crippen LogP contribution in [0.2, 0.25) is 0 Å². The van der Waals surface area contributed by atoms with Gasteiger partial charge in [0.25, 0.3) is 5.69 Å². The van der Waals surface area contributed by atoms with Crippen molar-refractivity contribution in [3.63, 3.8) is 0 Å².